The number of rotatable bonds is 2. The second-order valence-corrected chi connectivity index (χ2v) is 8.39. The summed E-state index contributed by atoms with van der Waals surface area (Å²) < 4.78 is 0. The number of halogens is 1. The average Bonchev–Trinajstić information content (AvgIpc) is 2.71. The third kappa shape index (κ3) is 1.67. The summed E-state index contributed by atoms with van der Waals surface area (Å²) in [5, 5.41) is 3.05. The lowest BCUT2D eigenvalue weighted by Crippen LogP contribution is -2.47. The van der Waals surface area contributed by atoms with E-state index < -0.39 is 15.7 Å². The fourth-order valence-corrected chi connectivity index (χ4v) is 5.93. The third-order valence-electron chi connectivity index (χ3n) is 6.40. The number of Topliss-reactive ketones (excluding diaryl/α,β-unsaturated/α-hetero) is 1. The lowest BCUT2D eigenvalue weighted by molar-refractivity contribution is -0.130. The largest absolute Gasteiger partial charge is 0.326 e. The zero-order valence-electron chi connectivity index (χ0n) is 13.5. The minimum Gasteiger partial charge on any atom is -0.326 e. The summed E-state index contributed by atoms with van der Waals surface area (Å²) >= 11 is 3.55. The second-order valence-electron chi connectivity index (χ2n) is 7.48. The maximum atomic E-state index is 13.1. The molecule has 3 rings (SSSR count). The van der Waals surface area contributed by atoms with Crippen LogP contribution in [0, 0.1) is 23.2 Å². The van der Waals surface area contributed by atoms with Crippen LogP contribution in [0.2, 0.25) is 0 Å². The van der Waals surface area contributed by atoms with Crippen LogP contribution in [0.1, 0.15) is 39.2 Å². The Kier molecular flexibility index (Phi) is 3.34. The molecule has 0 unspecified atom stereocenters. The molecule has 3 nitrogen and oxygen atoms in total. The van der Waals surface area contributed by atoms with Gasteiger partial charge in [0.15, 0.2) is 5.78 Å². The highest BCUT2D eigenvalue weighted by Gasteiger charge is 2.76. The molecule has 118 valence electrons. The topological polar surface area (TPSA) is 46.2 Å². The van der Waals surface area contributed by atoms with Gasteiger partial charge in [-0.3, -0.25) is 9.59 Å². The van der Waals surface area contributed by atoms with E-state index in [9.17, 15) is 9.59 Å². The molecular formula is C18H22BrNO2. The number of fused-ring (bicyclic) bond motifs is 2. The molecule has 2 aliphatic rings. The summed E-state index contributed by atoms with van der Waals surface area (Å²) in [7, 11) is 0. The predicted molar refractivity (Wildman–Crippen MR) is 91.1 cm³/mol. The second kappa shape index (κ2) is 4.67. The van der Waals surface area contributed by atoms with E-state index >= 15 is 0 Å². The molecule has 22 heavy (non-hydrogen) atoms. The van der Waals surface area contributed by atoms with Crippen LogP contribution in [-0.2, 0) is 9.59 Å². The molecular weight excluding hydrogens is 342 g/mol. The zero-order chi connectivity index (χ0) is 16.3. The van der Waals surface area contributed by atoms with Crippen LogP contribution in [0.3, 0.4) is 0 Å². The minimum absolute atomic E-state index is 0.0421. The lowest BCUT2D eigenvalue weighted by Gasteiger charge is -2.39. The number of hydrogen-bond donors (Lipinski definition) is 1. The zero-order valence-corrected chi connectivity index (χ0v) is 15.1. The van der Waals surface area contributed by atoms with Crippen molar-refractivity contribution in [3.8, 4) is 0 Å². The molecule has 1 N–H and O–H groups in total. The van der Waals surface area contributed by atoms with E-state index in [1.165, 1.54) is 0 Å². The number of anilines is 1. The van der Waals surface area contributed by atoms with Gasteiger partial charge in [0.1, 0.15) is 0 Å². The van der Waals surface area contributed by atoms with Crippen molar-refractivity contribution in [2.24, 2.45) is 16.2 Å². The first-order valence-electron chi connectivity index (χ1n) is 7.73. The standard InChI is InChI=1S/C18H22BrNO2/c1-11-6-5-7-12(10-11)20-15(22)18-9-8-17(4,16(18,2)3)14(21)13(18)19/h5-7,10,13H,8-9H2,1-4H3,(H,20,22)/t13-,17+,18+/m0/s1. The molecule has 4 heteroatoms. The predicted octanol–water partition coefficient (Wildman–Crippen LogP) is 4.09. The number of carbonyl (C=O) groups excluding carboxylic acids is 2. The summed E-state index contributed by atoms with van der Waals surface area (Å²) in [6.07, 6.45) is 1.53. The molecule has 0 spiro atoms. The maximum Gasteiger partial charge on any atom is 0.232 e. The van der Waals surface area contributed by atoms with Gasteiger partial charge < -0.3 is 5.32 Å². The monoisotopic (exact) mass is 363 g/mol. The first-order valence-corrected chi connectivity index (χ1v) is 8.65. The maximum absolute atomic E-state index is 13.1. The minimum atomic E-state index is -0.678. The highest BCUT2D eigenvalue weighted by molar-refractivity contribution is 9.10. The molecule has 2 fully saturated rings. The van der Waals surface area contributed by atoms with Gasteiger partial charge in [0.2, 0.25) is 5.91 Å². The van der Waals surface area contributed by atoms with Crippen LogP contribution < -0.4 is 5.32 Å². The van der Waals surface area contributed by atoms with Gasteiger partial charge in [-0.2, -0.15) is 0 Å². The highest BCUT2D eigenvalue weighted by atomic mass is 79.9. The van der Waals surface area contributed by atoms with Crippen LogP contribution in [0.25, 0.3) is 0 Å². The summed E-state index contributed by atoms with van der Waals surface area (Å²) in [4.78, 5) is 25.4. The number of alkyl halides is 1. The molecule has 2 saturated carbocycles. The van der Waals surface area contributed by atoms with Gasteiger partial charge in [0.05, 0.1) is 10.2 Å². The molecule has 1 amide bonds. The van der Waals surface area contributed by atoms with Gasteiger partial charge in [-0.15, -0.1) is 0 Å². The molecule has 0 heterocycles. The Labute approximate surface area is 140 Å². The van der Waals surface area contributed by atoms with Crippen molar-refractivity contribution in [2.75, 3.05) is 5.32 Å². The van der Waals surface area contributed by atoms with E-state index in [4.69, 9.17) is 0 Å². The SMILES string of the molecule is Cc1cccc(NC(=O)[C@@]23CC[C@](C)(C(=O)[C@@H]2Br)C3(C)C)c1. The van der Waals surface area contributed by atoms with E-state index in [1.807, 2.05) is 38.1 Å². The summed E-state index contributed by atoms with van der Waals surface area (Å²) in [6, 6.07) is 7.77. The summed E-state index contributed by atoms with van der Waals surface area (Å²) in [5.41, 5.74) is 0.430. The van der Waals surface area contributed by atoms with Crippen molar-refractivity contribution in [2.45, 2.75) is 45.4 Å². The van der Waals surface area contributed by atoms with Gasteiger partial charge in [-0.05, 0) is 42.9 Å². The van der Waals surface area contributed by atoms with Crippen molar-refractivity contribution in [1.82, 2.24) is 0 Å². The van der Waals surface area contributed by atoms with E-state index in [1.54, 1.807) is 0 Å². The van der Waals surface area contributed by atoms with Crippen LogP contribution in [0.5, 0.6) is 0 Å². The number of benzene rings is 1. The first kappa shape index (κ1) is 15.7. The fraction of sp³-hybridized carbons (Fsp3) is 0.556. The molecule has 2 aliphatic carbocycles. The first-order chi connectivity index (χ1) is 10.2. The van der Waals surface area contributed by atoms with Crippen molar-refractivity contribution in [1.29, 1.82) is 0 Å². The Morgan fingerprint density at radius 3 is 2.50 bits per heavy atom. The highest BCUT2D eigenvalue weighted by Crippen LogP contribution is 2.72. The smallest absolute Gasteiger partial charge is 0.232 e. The van der Waals surface area contributed by atoms with E-state index in [-0.39, 0.29) is 17.1 Å². The normalized spacial score (nSPS) is 35.7. The number of nitrogens with one attached hydrogen (secondary N) is 1. The van der Waals surface area contributed by atoms with Crippen LogP contribution in [0.4, 0.5) is 5.69 Å². The van der Waals surface area contributed by atoms with Crippen LogP contribution >= 0.6 is 15.9 Å². The molecule has 2 bridgehead atoms. The van der Waals surface area contributed by atoms with Gasteiger partial charge in [-0.1, -0.05) is 48.8 Å². The van der Waals surface area contributed by atoms with Gasteiger partial charge in [0.25, 0.3) is 0 Å². The van der Waals surface area contributed by atoms with Crippen molar-refractivity contribution in [3.05, 3.63) is 29.8 Å². The number of aryl methyl sites for hydroxylation is 1. The van der Waals surface area contributed by atoms with E-state index in [2.05, 4.69) is 35.1 Å². The molecule has 1 aromatic carbocycles. The number of ketones is 1. The van der Waals surface area contributed by atoms with Crippen molar-refractivity contribution >= 4 is 33.3 Å². The van der Waals surface area contributed by atoms with Gasteiger partial charge in [0, 0.05) is 11.1 Å². The fourth-order valence-electron chi connectivity index (χ4n) is 4.42. The van der Waals surface area contributed by atoms with E-state index in [0.717, 1.165) is 24.1 Å². The van der Waals surface area contributed by atoms with Gasteiger partial charge in [-0.25, -0.2) is 0 Å². The Bertz CT molecular complexity index is 669. The van der Waals surface area contributed by atoms with Gasteiger partial charge >= 0.3 is 0 Å². The number of hydrogen-bond acceptors (Lipinski definition) is 2. The third-order valence-corrected chi connectivity index (χ3v) is 7.60. The Balaban J connectivity index is 1.99. The van der Waals surface area contributed by atoms with Crippen molar-refractivity contribution in [3.63, 3.8) is 0 Å². The Morgan fingerprint density at radius 1 is 1.27 bits per heavy atom. The summed E-state index contributed by atoms with van der Waals surface area (Å²) in [5.74, 6) is 0.127. The van der Waals surface area contributed by atoms with Crippen molar-refractivity contribution < 1.29 is 9.59 Å². The van der Waals surface area contributed by atoms with E-state index in [0.29, 0.717) is 0 Å². The molecule has 0 saturated heterocycles. The van der Waals surface area contributed by atoms with Crippen LogP contribution in [0.15, 0.2) is 24.3 Å². The van der Waals surface area contributed by atoms with Crippen LogP contribution in [-0.4, -0.2) is 16.5 Å². The molecule has 0 radical (unpaired) electrons. The molecule has 0 aliphatic heterocycles. The quantitative estimate of drug-likeness (QED) is 0.804. The Morgan fingerprint density at radius 2 is 1.95 bits per heavy atom. The number of carbonyl (C=O) groups is 2. The summed E-state index contributed by atoms with van der Waals surface area (Å²) in [6.45, 7) is 8.14. The Hall–Kier alpha value is -1.16. The molecule has 1 aromatic rings. The number of amides is 1. The lowest BCUT2D eigenvalue weighted by atomic mass is 9.64. The average molecular weight is 364 g/mol. The molecule has 0 aromatic heterocycles. The molecule has 3 atom stereocenters.